The molecule has 116 valence electrons. The van der Waals surface area contributed by atoms with Gasteiger partial charge in [0.15, 0.2) is 0 Å². The van der Waals surface area contributed by atoms with Crippen LogP contribution >= 0.6 is 0 Å². The Morgan fingerprint density at radius 1 is 1.45 bits per heavy atom. The molecule has 3 heterocycles. The van der Waals surface area contributed by atoms with Gasteiger partial charge in [-0.15, -0.1) is 0 Å². The second kappa shape index (κ2) is 5.74. The number of amides is 1. The fraction of sp³-hybridized carbons (Fsp3) is 0.357. The molecular weight excluding hydrogens is 290 g/mol. The molecule has 2 aromatic heterocycles. The first kappa shape index (κ1) is 14.5. The van der Waals surface area contributed by atoms with Gasteiger partial charge in [-0.2, -0.15) is 0 Å². The van der Waals surface area contributed by atoms with Gasteiger partial charge in [0, 0.05) is 19.0 Å². The van der Waals surface area contributed by atoms with Crippen LogP contribution in [0, 0.1) is 0 Å². The molecule has 2 aromatic rings. The van der Waals surface area contributed by atoms with E-state index in [1.54, 1.807) is 12.1 Å². The molecule has 22 heavy (non-hydrogen) atoms. The topological polar surface area (TPSA) is 114 Å². The van der Waals surface area contributed by atoms with E-state index in [1.807, 2.05) is 0 Å². The molecule has 0 unspecified atom stereocenters. The summed E-state index contributed by atoms with van der Waals surface area (Å²) in [6.45, 7) is 0.622. The number of fused-ring (bicyclic) bond motifs is 1. The zero-order chi connectivity index (χ0) is 15.7. The van der Waals surface area contributed by atoms with Gasteiger partial charge in [-0.25, -0.2) is 4.79 Å². The first-order chi connectivity index (χ1) is 10.6. The molecule has 2 atom stereocenters. The first-order valence-electron chi connectivity index (χ1n) is 6.84. The maximum atomic E-state index is 12.4. The van der Waals surface area contributed by atoms with Gasteiger partial charge in [-0.1, -0.05) is 0 Å². The summed E-state index contributed by atoms with van der Waals surface area (Å²) in [5.41, 5.74) is 0.813. The number of aliphatic hydroxyl groups excluding tert-OH is 1. The molecule has 1 aliphatic heterocycles. The molecule has 8 heteroatoms. The Balaban J connectivity index is 1.92. The van der Waals surface area contributed by atoms with Gasteiger partial charge in [0.2, 0.25) is 0 Å². The largest absolute Gasteiger partial charge is 0.464 e. The van der Waals surface area contributed by atoms with E-state index in [0.29, 0.717) is 24.1 Å². The summed E-state index contributed by atoms with van der Waals surface area (Å²) >= 11 is 0. The molecule has 0 aromatic carbocycles. The van der Waals surface area contributed by atoms with Crippen molar-refractivity contribution in [3.8, 4) is 0 Å². The van der Waals surface area contributed by atoms with Crippen molar-refractivity contribution in [3.05, 3.63) is 30.1 Å². The van der Waals surface area contributed by atoms with E-state index in [1.165, 1.54) is 12.4 Å². The van der Waals surface area contributed by atoms with Crippen molar-refractivity contribution < 1.29 is 24.5 Å². The summed E-state index contributed by atoms with van der Waals surface area (Å²) in [4.78, 5) is 27.7. The predicted molar refractivity (Wildman–Crippen MR) is 75.9 cm³/mol. The van der Waals surface area contributed by atoms with Gasteiger partial charge in [-0.3, -0.25) is 14.3 Å². The molecule has 3 rings (SSSR count). The predicted octanol–water partition coefficient (Wildman–Crippen LogP) is 0.442. The zero-order valence-corrected chi connectivity index (χ0v) is 11.6. The third kappa shape index (κ3) is 2.53. The van der Waals surface area contributed by atoms with Crippen LogP contribution in [-0.4, -0.2) is 57.1 Å². The van der Waals surface area contributed by atoms with E-state index in [-0.39, 0.29) is 12.2 Å². The summed E-state index contributed by atoms with van der Waals surface area (Å²) in [6, 6.07) is 2.76. The number of carbonyl (C=O) groups excluding carboxylic acids is 1. The summed E-state index contributed by atoms with van der Waals surface area (Å²) < 4.78 is 6.07. The fourth-order valence-corrected chi connectivity index (χ4v) is 2.52. The minimum atomic E-state index is -1.19. The van der Waals surface area contributed by atoms with Crippen LogP contribution in [0.1, 0.15) is 16.8 Å². The van der Waals surface area contributed by atoms with Gasteiger partial charge >= 0.3 is 6.09 Å². The standard InChI is InChI=1S/C14H15N3O5/c18-11-7-22-5-3-9(11)16-13(19)8-6-17(14(20)21)10-2-1-4-15-12(8)10/h1-2,4,6,9,11,18H,3,5,7H2,(H,16,19)(H,20,21)/t9-,11-/m0/s1. The molecule has 1 saturated heterocycles. The normalized spacial score (nSPS) is 21.7. The lowest BCUT2D eigenvalue weighted by molar-refractivity contribution is -0.0260. The monoisotopic (exact) mass is 305 g/mol. The minimum Gasteiger partial charge on any atom is -0.464 e. The van der Waals surface area contributed by atoms with Gasteiger partial charge < -0.3 is 20.3 Å². The van der Waals surface area contributed by atoms with Crippen molar-refractivity contribution in [1.82, 2.24) is 14.9 Å². The number of carbonyl (C=O) groups is 2. The Labute approximate surface area is 125 Å². The highest BCUT2D eigenvalue weighted by Gasteiger charge is 2.27. The second-order valence-corrected chi connectivity index (χ2v) is 5.08. The van der Waals surface area contributed by atoms with Gasteiger partial charge in [-0.05, 0) is 18.6 Å². The van der Waals surface area contributed by atoms with E-state index >= 15 is 0 Å². The number of hydrogen-bond acceptors (Lipinski definition) is 5. The van der Waals surface area contributed by atoms with Crippen LogP contribution in [0.25, 0.3) is 11.0 Å². The maximum Gasteiger partial charge on any atom is 0.416 e. The van der Waals surface area contributed by atoms with Crippen molar-refractivity contribution in [2.75, 3.05) is 13.2 Å². The van der Waals surface area contributed by atoms with Crippen LogP contribution in [-0.2, 0) is 4.74 Å². The molecule has 3 N–H and O–H groups in total. The third-order valence-corrected chi connectivity index (χ3v) is 3.65. The maximum absolute atomic E-state index is 12.4. The average Bonchev–Trinajstić information content (AvgIpc) is 2.89. The number of nitrogens with one attached hydrogen (secondary N) is 1. The molecule has 0 spiro atoms. The van der Waals surface area contributed by atoms with Crippen LogP contribution in [0.2, 0.25) is 0 Å². The Morgan fingerprint density at radius 3 is 3.00 bits per heavy atom. The molecule has 1 amide bonds. The van der Waals surface area contributed by atoms with Crippen LogP contribution in [0.5, 0.6) is 0 Å². The molecular formula is C14H15N3O5. The SMILES string of the molecule is O=C(N[C@H]1CCOC[C@@H]1O)c1cn(C(=O)O)c2cccnc12. The summed E-state index contributed by atoms with van der Waals surface area (Å²) in [5, 5.41) is 21.7. The number of hydrogen-bond donors (Lipinski definition) is 3. The molecule has 1 aliphatic rings. The molecule has 0 saturated carbocycles. The number of pyridine rings is 1. The molecule has 8 nitrogen and oxygen atoms in total. The molecule has 0 bridgehead atoms. The first-order valence-corrected chi connectivity index (χ1v) is 6.84. The van der Waals surface area contributed by atoms with Gasteiger partial charge in [0.25, 0.3) is 5.91 Å². The van der Waals surface area contributed by atoms with Crippen molar-refractivity contribution in [3.63, 3.8) is 0 Å². The van der Waals surface area contributed by atoms with Crippen molar-refractivity contribution in [2.24, 2.45) is 0 Å². The van der Waals surface area contributed by atoms with Crippen LogP contribution < -0.4 is 5.32 Å². The summed E-state index contributed by atoms with van der Waals surface area (Å²) in [6.07, 6.45) is 1.26. The quantitative estimate of drug-likeness (QED) is 0.742. The Morgan fingerprint density at radius 2 is 2.27 bits per heavy atom. The highest BCUT2D eigenvalue weighted by molar-refractivity contribution is 6.07. The minimum absolute atomic E-state index is 0.164. The summed E-state index contributed by atoms with van der Waals surface area (Å²) in [7, 11) is 0. The second-order valence-electron chi connectivity index (χ2n) is 5.08. The number of carboxylic acid groups (broad SMARTS) is 1. The number of aromatic nitrogens is 2. The lowest BCUT2D eigenvalue weighted by Crippen LogP contribution is -2.48. The van der Waals surface area contributed by atoms with Crippen molar-refractivity contribution in [2.45, 2.75) is 18.6 Å². The highest BCUT2D eigenvalue weighted by Crippen LogP contribution is 2.19. The molecule has 1 fully saturated rings. The van der Waals surface area contributed by atoms with Crippen molar-refractivity contribution in [1.29, 1.82) is 0 Å². The number of ether oxygens (including phenoxy) is 1. The number of rotatable bonds is 2. The van der Waals surface area contributed by atoms with E-state index in [0.717, 1.165) is 4.57 Å². The van der Waals surface area contributed by atoms with Crippen LogP contribution in [0.15, 0.2) is 24.5 Å². The smallest absolute Gasteiger partial charge is 0.416 e. The van der Waals surface area contributed by atoms with E-state index in [2.05, 4.69) is 10.3 Å². The van der Waals surface area contributed by atoms with Gasteiger partial charge in [0.1, 0.15) is 5.52 Å². The average molecular weight is 305 g/mol. The lowest BCUT2D eigenvalue weighted by Gasteiger charge is -2.28. The Hall–Kier alpha value is -2.45. The Bertz CT molecular complexity index is 726. The molecule has 0 radical (unpaired) electrons. The third-order valence-electron chi connectivity index (χ3n) is 3.65. The lowest BCUT2D eigenvalue weighted by atomic mass is 10.1. The fourth-order valence-electron chi connectivity index (χ4n) is 2.52. The number of aliphatic hydroxyl groups is 1. The van der Waals surface area contributed by atoms with E-state index in [4.69, 9.17) is 4.74 Å². The van der Waals surface area contributed by atoms with Crippen molar-refractivity contribution >= 4 is 23.0 Å². The van der Waals surface area contributed by atoms with E-state index < -0.39 is 24.1 Å². The highest BCUT2D eigenvalue weighted by atomic mass is 16.5. The Kier molecular flexibility index (Phi) is 3.78. The van der Waals surface area contributed by atoms with Gasteiger partial charge in [0.05, 0.1) is 29.8 Å². The molecule has 0 aliphatic carbocycles. The van der Waals surface area contributed by atoms with Crippen LogP contribution in [0.4, 0.5) is 4.79 Å². The zero-order valence-electron chi connectivity index (χ0n) is 11.6. The number of nitrogens with zero attached hydrogens (tertiary/aromatic N) is 2. The summed E-state index contributed by atoms with van der Waals surface area (Å²) in [5.74, 6) is -0.463. The van der Waals surface area contributed by atoms with E-state index in [9.17, 15) is 19.8 Å². The van der Waals surface area contributed by atoms with Crippen LogP contribution in [0.3, 0.4) is 0 Å².